The van der Waals surface area contributed by atoms with E-state index in [9.17, 15) is 13.0 Å². The van der Waals surface area contributed by atoms with Crippen LogP contribution in [0, 0.1) is 0 Å². The second-order valence-corrected chi connectivity index (χ2v) is 3.87. The van der Waals surface area contributed by atoms with Crippen LogP contribution in [0.25, 0.3) is 0 Å². The number of rotatable bonds is 1. The summed E-state index contributed by atoms with van der Waals surface area (Å²) in [5.41, 5.74) is 0. The van der Waals surface area contributed by atoms with Gasteiger partial charge in [0.1, 0.15) is 10.1 Å². The second kappa shape index (κ2) is 5.09. The van der Waals surface area contributed by atoms with Crippen LogP contribution in [0.2, 0.25) is 0 Å². The van der Waals surface area contributed by atoms with E-state index < -0.39 is 10.1 Å². The summed E-state index contributed by atoms with van der Waals surface area (Å²) in [7, 11) is -3.93. The molecule has 0 bridgehead atoms. The Morgan fingerprint density at radius 1 is 1.57 bits per heavy atom. The number of halogens is 1. The van der Waals surface area contributed by atoms with Gasteiger partial charge in [-0.25, -0.2) is 8.42 Å². The van der Waals surface area contributed by atoms with Crippen molar-refractivity contribution in [3.63, 3.8) is 0 Å². The molecule has 0 heterocycles. The quantitative estimate of drug-likeness (QED) is 0.217. The number of hydrogen-bond donors (Lipinski definition) is 0. The molecule has 0 saturated heterocycles. The first-order valence-electron chi connectivity index (χ1n) is 1.06. The predicted molar refractivity (Wildman–Crippen MR) is 28.6 cm³/mol. The molecule has 0 rings (SSSR count). The van der Waals surface area contributed by atoms with Crippen LogP contribution in [0.15, 0.2) is 0 Å². The van der Waals surface area contributed by atoms with Crippen molar-refractivity contribution in [2.24, 2.45) is 0 Å². The van der Waals surface area contributed by atoms with E-state index in [-0.39, 0.29) is 55.1 Å². The summed E-state index contributed by atoms with van der Waals surface area (Å²) in [4.78, 5) is 0. The molecule has 38 valence electrons. The van der Waals surface area contributed by atoms with Gasteiger partial charge in [0.05, 0.1) is 3.76 Å². The molecule has 0 aromatic rings. The Morgan fingerprint density at radius 2 is 1.71 bits per heavy atom. The molecule has 0 radical (unpaired) electrons. The van der Waals surface area contributed by atoms with E-state index in [1.54, 1.807) is 0 Å². The van der Waals surface area contributed by atoms with Crippen LogP contribution in [0.4, 0.5) is 0 Å². The smallest absolute Gasteiger partial charge is 0.747 e. The third-order valence-corrected chi connectivity index (χ3v) is 2.69. The fourth-order valence-corrected chi connectivity index (χ4v) is 0. The van der Waals surface area contributed by atoms with Crippen molar-refractivity contribution in [3.05, 3.63) is 0 Å². The van der Waals surface area contributed by atoms with Gasteiger partial charge in [-0.15, -0.1) is 0 Å². The SMILES string of the molecule is O=S(=O)([O-])CI.[K+]. The summed E-state index contributed by atoms with van der Waals surface area (Å²) in [5.74, 6) is 0. The molecule has 0 amide bonds. The van der Waals surface area contributed by atoms with Gasteiger partial charge < -0.3 is 4.55 Å². The van der Waals surface area contributed by atoms with Crippen LogP contribution in [-0.4, -0.2) is 16.7 Å². The van der Waals surface area contributed by atoms with Crippen molar-refractivity contribution in [3.8, 4) is 0 Å². The largest absolute Gasteiger partial charge is 1.00 e. The molecule has 0 spiro atoms. The molecule has 0 aromatic heterocycles. The molecule has 0 fully saturated rings. The van der Waals surface area contributed by atoms with Crippen molar-refractivity contribution < 1.29 is 64.4 Å². The summed E-state index contributed by atoms with van der Waals surface area (Å²) in [6.45, 7) is 0. The number of hydrogen-bond acceptors (Lipinski definition) is 3. The van der Waals surface area contributed by atoms with E-state index in [0.29, 0.717) is 0 Å². The average molecular weight is 260 g/mol. The predicted octanol–water partition coefficient (Wildman–Crippen LogP) is -3.07. The van der Waals surface area contributed by atoms with Crippen molar-refractivity contribution in [1.29, 1.82) is 0 Å². The van der Waals surface area contributed by atoms with Gasteiger partial charge in [-0.3, -0.25) is 0 Å². The standard InChI is InChI=1S/CH3IO3S.K/c2-1-6(3,4)5;/h1H2,(H,3,4,5);/q;+1/p-1. The van der Waals surface area contributed by atoms with Crippen LogP contribution >= 0.6 is 22.6 Å². The summed E-state index contributed by atoms with van der Waals surface area (Å²) in [6, 6.07) is 0. The summed E-state index contributed by atoms with van der Waals surface area (Å²) in [5, 5.41) is 0. The van der Waals surface area contributed by atoms with Gasteiger partial charge in [-0.05, 0) is 0 Å². The van der Waals surface area contributed by atoms with Gasteiger partial charge in [0.15, 0.2) is 0 Å². The summed E-state index contributed by atoms with van der Waals surface area (Å²) < 4.78 is 28.0. The monoisotopic (exact) mass is 260 g/mol. The van der Waals surface area contributed by atoms with Crippen LogP contribution in [0.3, 0.4) is 0 Å². The molecule has 0 aromatic carbocycles. The normalized spacial score (nSPS) is 10.0. The maximum Gasteiger partial charge on any atom is 1.00 e. The second-order valence-electron chi connectivity index (χ2n) is 0.667. The van der Waals surface area contributed by atoms with Gasteiger partial charge >= 0.3 is 51.4 Å². The molecule has 7 heavy (non-hydrogen) atoms. The van der Waals surface area contributed by atoms with Crippen LogP contribution in [0.5, 0.6) is 0 Å². The Balaban J connectivity index is 0. The molecule has 6 heteroatoms. The first-order valence-corrected chi connectivity index (χ1v) is 4.16. The van der Waals surface area contributed by atoms with E-state index in [2.05, 4.69) is 0 Å². The molecular formula is CH2IKO3S. The first kappa shape index (κ1) is 12.0. The molecule has 0 unspecified atom stereocenters. The summed E-state index contributed by atoms with van der Waals surface area (Å²) in [6.07, 6.45) is 0. The molecule has 0 saturated carbocycles. The van der Waals surface area contributed by atoms with Crippen molar-refractivity contribution in [1.82, 2.24) is 0 Å². The average Bonchev–Trinajstić information content (AvgIpc) is 1.35. The third kappa shape index (κ3) is 11.7. The minimum Gasteiger partial charge on any atom is -0.747 e. The maximum absolute atomic E-state index is 9.44. The Kier molecular flexibility index (Phi) is 8.73. The fraction of sp³-hybridized carbons (Fsp3) is 1.00. The molecule has 3 nitrogen and oxygen atoms in total. The van der Waals surface area contributed by atoms with E-state index >= 15 is 0 Å². The van der Waals surface area contributed by atoms with E-state index in [4.69, 9.17) is 0 Å². The van der Waals surface area contributed by atoms with Gasteiger partial charge in [0.2, 0.25) is 0 Å². The zero-order valence-electron chi connectivity index (χ0n) is 3.72. The van der Waals surface area contributed by atoms with Crippen LogP contribution in [-0.2, 0) is 10.1 Å². The van der Waals surface area contributed by atoms with Crippen LogP contribution < -0.4 is 51.4 Å². The minimum atomic E-state index is -3.93. The van der Waals surface area contributed by atoms with Crippen molar-refractivity contribution in [2.45, 2.75) is 0 Å². The number of alkyl halides is 1. The molecule has 0 aliphatic rings. The molecule has 0 aliphatic carbocycles. The van der Waals surface area contributed by atoms with Crippen LogP contribution in [0.1, 0.15) is 0 Å². The minimum absolute atomic E-state index is 0. The molecule has 0 N–H and O–H groups in total. The third-order valence-electron chi connectivity index (χ3n) is 0.134. The van der Waals surface area contributed by atoms with Gasteiger partial charge in [0, 0.05) is 0 Å². The van der Waals surface area contributed by atoms with Crippen molar-refractivity contribution in [2.75, 3.05) is 3.76 Å². The Labute approximate surface area is 98.6 Å². The molecule has 0 atom stereocenters. The first-order chi connectivity index (χ1) is 2.56. The van der Waals surface area contributed by atoms with E-state index in [0.717, 1.165) is 0 Å². The Morgan fingerprint density at radius 3 is 1.71 bits per heavy atom. The Hall–Kier alpha value is 2.28. The Bertz CT molecular complexity index is 117. The zero-order chi connectivity index (χ0) is 5.21. The fourth-order valence-electron chi connectivity index (χ4n) is 0. The van der Waals surface area contributed by atoms with Gasteiger partial charge in [0.25, 0.3) is 0 Å². The van der Waals surface area contributed by atoms with E-state index in [1.807, 2.05) is 0 Å². The molecular weight excluding hydrogens is 258 g/mol. The van der Waals surface area contributed by atoms with Gasteiger partial charge in [-0.1, -0.05) is 22.6 Å². The zero-order valence-corrected chi connectivity index (χ0v) is 9.82. The molecule has 0 aliphatic heterocycles. The summed E-state index contributed by atoms with van der Waals surface area (Å²) >= 11 is 1.49. The topological polar surface area (TPSA) is 57.2 Å². The van der Waals surface area contributed by atoms with E-state index in [1.165, 1.54) is 22.6 Å². The maximum atomic E-state index is 9.44. The van der Waals surface area contributed by atoms with Crippen molar-refractivity contribution >= 4 is 32.7 Å². The van der Waals surface area contributed by atoms with Gasteiger partial charge in [-0.2, -0.15) is 0 Å².